The second-order valence-electron chi connectivity index (χ2n) is 4.05. The van der Waals surface area contributed by atoms with Crippen molar-refractivity contribution in [3.8, 4) is 5.69 Å². The van der Waals surface area contributed by atoms with E-state index in [-0.39, 0.29) is 0 Å². The molecule has 1 heterocycles. The van der Waals surface area contributed by atoms with Gasteiger partial charge in [0.25, 0.3) is 0 Å². The van der Waals surface area contributed by atoms with E-state index in [1.54, 1.807) is 41.3 Å². The van der Waals surface area contributed by atoms with Gasteiger partial charge >= 0.3 is 5.97 Å². The Morgan fingerprint density at radius 2 is 2.00 bits per heavy atom. The average Bonchev–Trinajstić information content (AvgIpc) is 2.92. The van der Waals surface area contributed by atoms with E-state index in [0.29, 0.717) is 5.69 Å². The van der Waals surface area contributed by atoms with Crippen molar-refractivity contribution in [1.29, 1.82) is 0 Å². The highest BCUT2D eigenvalue weighted by Crippen LogP contribution is 2.13. The van der Waals surface area contributed by atoms with E-state index in [1.165, 1.54) is 6.92 Å². The maximum absolute atomic E-state index is 11.6. The number of nitrogens with zero attached hydrogens (tertiary/aromatic N) is 2. The zero-order valence-corrected chi connectivity index (χ0v) is 10.3. The summed E-state index contributed by atoms with van der Waals surface area (Å²) in [5.41, 5.74) is 1.41. The molecule has 6 nitrogen and oxygen atoms in total. The van der Waals surface area contributed by atoms with Crippen LogP contribution in [0.25, 0.3) is 5.69 Å². The van der Waals surface area contributed by atoms with Crippen LogP contribution in [-0.4, -0.2) is 26.8 Å². The lowest BCUT2D eigenvalue weighted by molar-refractivity contribution is -0.144. The van der Waals surface area contributed by atoms with Crippen LogP contribution in [0.5, 0.6) is 0 Å². The number of aromatic nitrogens is 2. The molecule has 0 aliphatic rings. The van der Waals surface area contributed by atoms with Gasteiger partial charge in [0.05, 0.1) is 5.69 Å². The van der Waals surface area contributed by atoms with Crippen molar-refractivity contribution in [2.24, 2.45) is 5.92 Å². The van der Waals surface area contributed by atoms with Crippen LogP contribution in [0.15, 0.2) is 42.7 Å². The average molecular weight is 259 g/mol. The molecule has 1 atom stereocenters. The Morgan fingerprint density at radius 1 is 1.32 bits per heavy atom. The maximum Gasteiger partial charge on any atom is 0.315 e. The molecule has 0 bridgehead atoms. The molecular weight excluding hydrogens is 246 g/mol. The molecule has 0 aliphatic carbocycles. The number of hydrogen-bond acceptors (Lipinski definition) is 3. The molecule has 1 amide bonds. The van der Waals surface area contributed by atoms with Gasteiger partial charge in [-0.15, -0.1) is 0 Å². The van der Waals surface area contributed by atoms with Crippen molar-refractivity contribution in [1.82, 2.24) is 9.78 Å². The number of aliphatic carboxylic acids is 1. The molecule has 6 heteroatoms. The number of anilines is 1. The molecule has 0 spiro atoms. The van der Waals surface area contributed by atoms with Gasteiger partial charge in [0, 0.05) is 18.1 Å². The number of carboxylic acid groups (broad SMARTS) is 1. The number of amides is 1. The Bertz CT molecular complexity index is 576. The van der Waals surface area contributed by atoms with Crippen molar-refractivity contribution in [3.05, 3.63) is 42.7 Å². The molecule has 1 aromatic heterocycles. The van der Waals surface area contributed by atoms with Gasteiger partial charge in [-0.1, -0.05) is 0 Å². The van der Waals surface area contributed by atoms with Gasteiger partial charge in [0.1, 0.15) is 5.92 Å². The monoisotopic (exact) mass is 259 g/mol. The van der Waals surface area contributed by atoms with Gasteiger partial charge < -0.3 is 10.4 Å². The SMILES string of the molecule is CC(C(=O)O)C(=O)Nc1ccc(-n2cccn2)cc1. The summed E-state index contributed by atoms with van der Waals surface area (Å²) in [5.74, 6) is -2.77. The quantitative estimate of drug-likeness (QED) is 0.815. The summed E-state index contributed by atoms with van der Waals surface area (Å²) in [6.07, 6.45) is 3.48. The lowest BCUT2D eigenvalue weighted by atomic mass is 10.1. The second-order valence-corrected chi connectivity index (χ2v) is 4.05. The molecule has 0 saturated heterocycles. The highest BCUT2D eigenvalue weighted by molar-refractivity contribution is 6.03. The molecule has 0 aliphatic heterocycles. The topological polar surface area (TPSA) is 84.2 Å². The number of rotatable bonds is 4. The van der Waals surface area contributed by atoms with Crippen LogP contribution in [0.2, 0.25) is 0 Å². The maximum atomic E-state index is 11.6. The lowest BCUT2D eigenvalue weighted by Crippen LogP contribution is -2.26. The van der Waals surface area contributed by atoms with Crippen molar-refractivity contribution in [2.75, 3.05) is 5.32 Å². The number of carbonyl (C=O) groups excluding carboxylic acids is 1. The number of hydrogen-bond donors (Lipinski definition) is 2. The third-order valence-corrected chi connectivity index (χ3v) is 2.67. The van der Waals surface area contributed by atoms with Crippen molar-refractivity contribution < 1.29 is 14.7 Å². The number of carbonyl (C=O) groups is 2. The Morgan fingerprint density at radius 3 is 2.53 bits per heavy atom. The first-order valence-electron chi connectivity index (χ1n) is 5.71. The molecule has 0 saturated carbocycles. The third kappa shape index (κ3) is 2.98. The second kappa shape index (κ2) is 5.34. The summed E-state index contributed by atoms with van der Waals surface area (Å²) in [5, 5.41) is 15.4. The van der Waals surface area contributed by atoms with E-state index in [1.807, 2.05) is 6.07 Å². The minimum atomic E-state index is -1.15. The molecule has 2 rings (SSSR count). The van der Waals surface area contributed by atoms with E-state index in [2.05, 4.69) is 10.4 Å². The smallest absolute Gasteiger partial charge is 0.315 e. The largest absolute Gasteiger partial charge is 0.481 e. The van der Waals surface area contributed by atoms with Crippen LogP contribution in [0, 0.1) is 5.92 Å². The molecule has 19 heavy (non-hydrogen) atoms. The Kier molecular flexibility index (Phi) is 3.61. The van der Waals surface area contributed by atoms with Gasteiger partial charge in [-0.25, -0.2) is 4.68 Å². The zero-order chi connectivity index (χ0) is 13.8. The van der Waals surface area contributed by atoms with Crippen LogP contribution in [0.4, 0.5) is 5.69 Å². The van der Waals surface area contributed by atoms with Crippen molar-refractivity contribution >= 4 is 17.6 Å². The normalized spacial score (nSPS) is 11.8. The molecule has 2 N–H and O–H groups in total. The molecule has 1 aromatic carbocycles. The van der Waals surface area contributed by atoms with Crippen molar-refractivity contribution in [3.63, 3.8) is 0 Å². The summed E-state index contributed by atoms with van der Waals surface area (Å²) in [6, 6.07) is 8.78. The Hall–Kier alpha value is -2.63. The Labute approximate surface area is 109 Å². The highest BCUT2D eigenvalue weighted by Gasteiger charge is 2.20. The van der Waals surface area contributed by atoms with Crippen LogP contribution < -0.4 is 5.32 Å². The molecule has 2 aromatic rings. The van der Waals surface area contributed by atoms with E-state index in [4.69, 9.17) is 5.11 Å². The first-order chi connectivity index (χ1) is 9.08. The molecular formula is C13H13N3O3. The fourth-order valence-corrected chi connectivity index (χ4v) is 1.48. The van der Waals surface area contributed by atoms with Crippen LogP contribution in [0.1, 0.15) is 6.92 Å². The van der Waals surface area contributed by atoms with Crippen LogP contribution in [0.3, 0.4) is 0 Å². The fraction of sp³-hybridized carbons (Fsp3) is 0.154. The summed E-state index contributed by atoms with van der Waals surface area (Å²) in [4.78, 5) is 22.2. The molecule has 0 radical (unpaired) electrons. The first-order valence-corrected chi connectivity index (χ1v) is 5.71. The zero-order valence-electron chi connectivity index (χ0n) is 10.3. The predicted octanol–water partition coefficient (Wildman–Crippen LogP) is 1.53. The number of benzene rings is 1. The van der Waals surface area contributed by atoms with Crippen LogP contribution >= 0.6 is 0 Å². The van der Waals surface area contributed by atoms with E-state index < -0.39 is 17.8 Å². The van der Waals surface area contributed by atoms with E-state index >= 15 is 0 Å². The first kappa shape index (κ1) is 12.8. The van der Waals surface area contributed by atoms with E-state index in [0.717, 1.165) is 5.69 Å². The van der Waals surface area contributed by atoms with E-state index in [9.17, 15) is 9.59 Å². The minimum Gasteiger partial charge on any atom is -0.481 e. The lowest BCUT2D eigenvalue weighted by Gasteiger charge is -2.09. The molecule has 0 fully saturated rings. The fourth-order valence-electron chi connectivity index (χ4n) is 1.48. The number of nitrogens with one attached hydrogen (secondary N) is 1. The summed E-state index contributed by atoms with van der Waals surface area (Å²) >= 11 is 0. The summed E-state index contributed by atoms with van der Waals surface area (Å²) in [6.45, 7) is 1.34. The van der Waals surface area contributed by atoms with Gasteiger partial charge in [-0.3, -0.25) is 9.59 Å². The summed E-state index contributed by atoms with van der Waals surface area (Å²) < 4.78 is 1.69. The minimum absolute atomic E-state index is 0.542. The van der Waals surface area contributed by atoms with Gasteiger partial charge in [0.2, 0.25) is 5.91 Å². The highest BCUT2D eigenvalue weighted by atomic mass is 16.4. The van der Waals surface area contributed by atoms with Gasteiger partial charge in [-0.05, 0) is 37.3 Å². The number of carboxylic acids is 1. The molecule has 1 unspecified atom stereocenters. The van der Waals surface area contributed by atoms with Crippen molar-refractivity contribution in [2.45, 2.75) is 6.92 Å². The predicted molar refractivity (Wildman–Crippen MR) is 69.0 cm³/mol. The standard InChI is InChI=1S/C13H13N3O3/c1-9(13(18)19)12(17)15-10-3-5-11(6-4-10)16-8-2-7-14-16/h2-9H,1H3,(H,15,17)(H,18,19). The van der Waals surface area contributed by atoms with Gasteiger partial charge in [0.15, 0.2) is 0 Å². The third-order valence-electron chi connectivity index (χ3n) is 2.67. The van der Waals surface area contributed by atoms with Crippen LogP contribution in [-0.2, 0) is 9.59 Å². The Balaban J connectivity index is 2.07. The molecule has 98 valence electrons. The summed E-state index contributed by atoms with van der Waals surface area (Å²) in [7, 11) is 0. The van der Waals surface area contributed by atoms with Gasteiger partial charge in [-0.2, -0.15) is 5.10 Å².